The van der Waals surface area contributed by atoms with Crippen LogP contribution in [-0.2, 0) is 20.7 Å². The maximum absolute atomic E-state index is 11.7. The van der Waals surface area contributed by atoms with Gasteiger partial charge in [0.05, 0.1) is 20.1 Å². The van der Waals surface area contributed by atoms with Gasteiger partial charge in [-0.25, -0.2) is 0 Å². The molecular formula is C30H34O5. The van der Waals surface area contributed by atoms with Gasteiger partial charge in [-0.05, 0) is 78.7 Å². The number of hydrogen-bond acceptors (Lipinski definition) is 5. The lowest BCUT2D eigenvalue weighted by Gasteiger charge is -2.42. The van der Waals surface area contributed by atoms with Gasteiger partial charge in [0.2, 0.25) is 0 Å². The predicted octanol–water partition coefficient (Wildman–Crippen LogP) is 6.16. The molecule has 2 aromatic rings. The van der Waals surface area contributed by atoms with Gasteiger partial charge in [0.1, 0.15) is 17.6 Å². The topological polar surface area (TPSA) is 54.0 Å². The van der Waals surface area contributed by atoms with Crippen molar-refractivity contribution >= 4 is 11.5 Å². The van der Waals surface area contributed by atoms with Crippen LogP contribution in [-0.4, -0.2) is 32.9 Å². The van der Waals surface area contributed by atoms with E-state index >= 15 is 0 Å². The molecule has 2 heterocycles. The Balaban J connectivity index is 1.24. The van der Waals surface area contributed by atoms with Crippen LogP contribution in [0.3, 0.4) is 0 Å². The molecule has 4 aliphatic rings. The van der Waals surface area contributed by atoms with E-state index in [4.69, 9.17) is 18.9 Å². The van der Waals surface area contributed by atoms with Crippen molar-refractivity contribution in [1.82, 2.24) is 0 Å². The van der Waals surface area contributed by atoms with Crippen LogP contribution < -0.4 is 9.47 Å². The number of benzene rings is 2. The first-order chi connectivity index (χ1) is 17.2. The van der Waals surface area contributed by atoms with Crippen molar-refractivity contribution in [1.29, 1.82) is 0 Å². The number of rotatable bonds is 5. The van der Waals surface area contributed by atoms with E-state index in [-0.39, 0.29) is 23.4 Å². The van der Waals surface area contributed by atoms with Crippen LogP contribution in [0.4, 0.5) is 0 Å². The predicted molar refractivity (Wildman–Crippen MR) is 134 cm³/mol. The van der Waals surface area contributed by atoms with Crippen molar-refractivity contribution in [2.75, 3.05) is 26.9 Å². The fraction of sp³-hybridized carbons (Fsp3) is 0.500. The van der Waals surface area contributed by atoms with Crippen LogP contribution >= 0.6 is 0 Å². The molecule has 35 heavy (non-hydrogen) atoms. The molecule has 0 unspecified atom stereocenters. The second kappa shape index (κ2) is 9.34. The maximum Gasteiger partial charge on any atom is 0.306 e. The normalized spacial score (nSPS) is 24.3. The molecule has 1 fully saturated rings. The zero-order chi connectivity index (χ0) is 23.8. The van der Waals surface area contributed by atoms with Gasteiger partial charge < -0.3 is 18.9 Å². The fourth-order valence-corrected chi connectivity index (χ4v) is 6.65. The molecule has 0 bridgehead atoms. The summed E-state index contributed by atoms with van der Waals surface area (Å²) < 4.78 is 23.0. The smallest absolute Gasteiger partial charge is 0.306 e. The van der Waals surface area contributed by atoms with Gasteiger partial charge in [-0.15, -0.1) is 0 Å². The van der Waals surface area contributed by atoms with Crippen molar-refractivity contribution in [3.8, 4) is 11.5 Å². The maximum atomic E-state index is 11.7. The van der Waals surface area contributed by atoms with Gasteiger partial charge >= 0.3 is 5.97 Å². The van der Waals surface area contributed by atoms with Crippen LogP contribution in [0.5, 0.6) is 11.5 Å². The van der Waals surface area contributed by atoms with Crippen molar-refractivity contribution in [3.63, 3.8) is 0 Å². The molecule has 2 atom stereocenters. The van der Waals surface area contributed by atoms with Crippen molar-refractivity contribution in [2.45, 2.75) is 63.4 Å². The standard InChI is InChI=1S/C30H34O5/c1-32-29(31)17-20-19-34-28-18-21(8-9-22(20)28)35-27-11-10-23-24(5-4-6-25(23)27)26-7-2-3-12-30(26)13-15-33-16-14-30/h4-9,18,20,27H,2-3,10-17,19H2,1H3/t20-,27-/m1/s1. The Kier molecular flexibility index (Phi) is 6.05. The van der Waals surface area contributed by atoms with Crippen LogP contribution in [0.15, 0.2) is 42.5 Å². The van der Waals surface area contributed by atoms with E-state index in [2.05, 4.69) is 24.3 Å². The summed E-state index contributed by atoms with van der Waals surface area (Å²) in [5.74, 6) is 1.48. The SMILES string of the molecule is COC(=O)C[C@@H]1COc2cc(O[C@@H]3CCc4c(C5=CCCCC56CCOCC6)cccc43)ccc21. The number of esters is 1. The Hall–Kier alpha value is -2.79. The highest BCUT2D eigenvalue weighted by molar-refractivity contribution is 5.75. The molecule has 0 N–H and O–H groups in total. The van der Waals surface area contributed by atoms with Gasteiger partial charge in [-0.1, -0.05) is 30.3 Å². The van der Waals surface area contributed by atoms with E-state index in [1.54, 1.807) is 5.57 Å². The Morgan fingerprint density at radius 2 is 2.00 bits per heavy atom. The second-order valence-electron chi connectivity index (χ2n) is 10.4. The lowest BCUT2D eigenvalue weighted by Crippen LogP contribution is -2.32. The van der Waals surface area contributed by atoms with E-state index in [0.717, 1.165) is 56.0 Å². The summed E-state index contributed by atoms with van der Waals surface area (Å²) in [4.78, 5) is 11.7. The van der Waals surface area contributed by atoms with Gasteiger partial charge in [0.25, 0.3) is 0 Å². The molecule has 0 amide bonds. The van der Waals surface area contributed by atoms with Crippen molar-refractivity contribution < 1.29 is 23.7 Å². The number of fused-ring (bicyclic) bond motifs is 2. The summed E-state index contributed by atoms with van der Waals surface area (Å²) in [5, 5.41) is 0. The highest BCUT2D eigenvalue weighted by atomic mass is 16.5. The van der Waals surface area contributed by atoms with Crippen LogP contribution in [0, 0.1) is 5.41 Å². The van der Waals surface area contributed by atoms with Gasteiger partial charge in [-0.3, -0.25) is 4.79 Å². The van der Waals surface area contributed by atoms with E-state index in [0.29, 0.717) is 13.0 Å². The summed E-state index contributed by atoms with van der Waals surface area (Å²) >= 11 is 0. The monoisotopic (exact) mass is 474 g/mol. The summed E-state index contributed by atoms with van der Waals surface area (Å²) in [6, 6.07) is 12.8. The third-order valence-corrected chi connectivity index (χ3v) is 8.52. The lowest BCUT2D eigenvalue weighted by atomic mass is 9.65. The summed E-state index contributed by atoms with van der Waals surface area (Å²) in [7, 11) is 1.43. The summed E-state index contributed by atoms with van der Waals surface area (Å²) in [6.07, 6.45) is 10.9. The van der Waals surface area contributed by atoms with Gasteiger partial charge in [-0.2, -0.15) is 0 Å². The number of carbonyl (C=O) groups is 1. The van der Waals surface area contributed by atoms with Gasteiger partial charge in [0.15, 0.2) is 0 Å². The molecule has 5 heteroatoms. The average molecular weight is 475 g/mol. The zero-order valence-electron chi connectivity index (χ0n) is 20.5. The van der Waals surface area contributed by atoms with Crippen LogP contribution in [0.25, 0.3) is 5.57 Å². The minimum atomic E-state index is -0.208. The molecule has 5 nitrogen and oxygen atoms in total. The zero-order valence-corrected chi connectivity index (χ0v) is 20.5. The third kappa shape index (κ3) is 4.14. The Morgan fingerprint density at radius 1 is 1.11 bits per heavy atom. The minimum absolute atomic E-state index is 0.0440. The quantitative estimate of drug-likeness (QED) is 0.486. The Morgan fingerprint density at radius 3 is 2.86 bits per heavy atom. The second-order valence-corrected chi connectivity index (χ2v) is 10.4. The molecule has 0 saturated carbocycles. The Bertz CT molecular complexity index is 1140. The molecule has 2 aromatic carbocycles. The highest BCUT2D eigenvalue weighted by Gasteiger charge is 2.40. The molecule has 1 spiro atoms. The molecule has 0 aromatic heterocycles. The average Bonchev–Trinajstić information content (AvgIpc) is 3.49. The van der Waals surface area contributed by atoms with Crippen LogP contribution in [0.2, 0.25) is 0 Å². The number of hydrogen-bond donors (Lipinski definition) is 0. The third-order valence-electron chi connectivity index (χ3n) is 8.52. The number of ether oxygens (including phenoxy) is 4. The number of allylic oxidation sites excluding steroid dienone is 2. The molecule has 2 aliphatic heterocycles. The number of methoxy groups -OCH3 is 1. The highest BCUT2D eigenvalue weighted by Crippen LogP contribution is 2.52. The molecule has 184 valence electrons. The van der Waals surface area contributed by atoms with Gasteiger partial charge in [0, 0.05) is 30.8 Å². The van der Waals surface area contributed by atoms with E-state index in [9.17, 15) is 4.79 Å². The van der Waals surface area contributed by atoms with Crippen molar-refractivity contribution in [3.05, 3.63) is 64.7 Å². The van der Waals surface area contributed by atoms with E-state index in [1.807, 2.05) is 18.2 Å². The van der Waals surface area contributed by atoms with E-state index < -0.39 is 0 Å². The first kappa shape index (κ1) is 22.7. The summed E-state index contributed by atoms with van der Waals surface area (Å²) in [6.45, 7) is 2.25. The minimum Gasteiger partial charge on any atom is -0.492 e. The van der Waals surface area contributed by atoms with Crippen LogP contribution in [0.1, 0.15) is 79.2 Å². The molecule has 2 aliphatic carbocycles. The number of carbonyl (C=O) groups excluding carboxylic acids is 1. The molecule has 0 radical (unpaired) electrons. The fourth-order valence-electron chi connectivity index (χ4n) is 6.65. The first-order valence-electron chi connectivity index (χ1n) is 13.1. The lowest BCUT2D eigenvalue weighted by molar-refractivity contribution is -0.141. The Labute approximate surface area is 207 Å². The molecular weight excluding hydrogens is 440 g/mol. The molecule has 1 saturated heterocycles. The largest absolute Gasteiger partial charge is 0.492 e. The van der Waals surface area contributed by atoms with Crippen molar-refractivity contribution in [2.24, 2.45) is 5.41 Å². The van der Waals surface area contributed by atoms with E-state index in [1.165, 1.54) is 43.1 Å². The summed E-state index contributed by atoms with van der Waals surface area (Å²) in [5.41, 5.74) is 7.13. The molecule has 6 rings (SSSR count). The first-order valence-corrected chi connectivity index (χ1v) is 13.1.